The van der Waals surface area contributed by atoms with Crippen LogP contribution in [0, 0.1) is 5.92 Å². The van der Waals surface area contributed by atoms with Crippen molar-refractivity contribution in [1.82, 2.24) is 24.8 Å². The van der Waals surface area contributed by atoms with E-state index in [1.54, 1.807) is 6.20 Å². The highest BCUT2D eigenvalue weighted by Crippen LogP contribution is 2.26. The zero-order valence-corrected chi connectivity index (χ0v) is 16.6. The molecule has 1 saturated heterocycles. The molecular weight excluding hydrogens is 354 g/mol. The van der Waals surface area contributed by atoms with Gasteiger partial charge in [0.05, 0.1) is 6.04 Å². The summed E-state index contributed by atoms with van der Waals surface area (Å²) in [5.74, 6) is 1.65. The molecule has 1 atom stereocenters. The third kappa shape index (κ3) is 4.18. The largest absolute Gasteiger partial charge is 0.351 e. The van der Waals surface area contributed by atoms with Gasteiger partial charge in [0.15, 0.2) is 5.65 Å². The Morgan fingerprint density at radius 3 is 2.89 bits per heavy atom. The van der Waals surface area contributed by atoms with Crippen LogP contribution in [-0.4, -0.2) is 50.4 Å². The van der Waals surface area contributed by atoms with Crippen LogP contribution >= 0.6 is 0 Å². The molecule has 0 radical (unpaired) electrons. The van der Waals surface area contributed by atoms with Crippen molar-refractivity contribution in [3.63, 3.8) is 0 Å². The van der Waals surface area contributed by atoms with Crippen LogP contribution < -0.4 is 5.32 Å². The van der Waals surface area contributed by atoms with E-state index in [0.29, 0.717) is 31.7 Å². The van der Waals surface area contributed by atoms with Gasteiger partial charge in [-0.1, -0.05) is 19.3 Å². The third-order valence-electron chi connectivity index (χ3n) is 6.08. The first-order chi connectivity index (χ1) is 13.6. The number of carbonyl (C=O) groups excluding carboxylic acids is 2. The number of rotatable bonds is 6. The maximum Gasteiger partial charge on any atom is 0.224 e. The van der Waals surface area contributed by atoms with Crippen molar-refractivity contribution >= 4 is 23.0 Å². The fourth-order valence-corrected chi connectivity index (χ4v) is 4.55. The molecule has 4 rings (SSSR count). The Hall–Kier alpha value is -2.44. The summed E-state index contributed by atoms with van der Waals surface area (Å²) < 4.78 is 1.94. The minimum atomic E-state index is -0.0642. The van der Waals surface area contributed by atoms with Gasteiger partial charge in [0.1, 0.15) is 11.3 Å². The molecule has 150 valence electrons. The van der Waals surface area contributed by atoms with Crippen LogP contribution in [0.5, 0.6) is 0 Å². The molecule has 2 amide bonds. The number of aryl methyl sites for hydroxylation is 2. The second-order valence-electron chi connectivity index (χ2n) is 8.20. The second kappa shape index (κ2) is 8.29. The molecule has 3 heterocycles. The van der Waals surface area contributed by atoms with Crippen molar-refractivity contribution in [2.45, 2.75) is 57.4 Å². The summed E-state index contributed by atoms with van der Waals surface area (Å²) in [6.45, 7) is 1.51. The fraction of sp³-hybridized carbons (Fsp3) is 0.619. The van der Waals surface area contributed by atoms with Crippen molar-refractivity contribution < 1.29 is 9.59 Å². The van der Waals surface area contributed by atoms with Crippen LogP contribution in [0.3, 0.4) is 0 Å². The Morgan fingerprint density at radius 2 is 2.11 bits per heavy atom. The Bertz CT molecular complexity index is 856. The van der Waals surface area contributed by atoms with Crippen molar-refractivity contribution in [3.05, 3.63) is 24.2 Å². The lowest BCUT2D eigenvalue weighted by molar-refractivity contribution is -0.128. The van der Waals surface area contributed by atoms with E-state index in [2.05, 4.69) is 15.3 Å². The summed E-state index contributed by atoms with van der Waals surface area (Å²) in [5.41, 5.74) is 1.68. The van der Waals surface area contributed by atoms with E-state index < -0.39 is 0 Å². The van der Waals surface area contributed by atoms with E-state index in [9.17, 15) is 9.59 Å². The normalized spacial score (nSPS) is 20.8. The van der Waals surface area contributed by atoms with Gasteiger partial charge in [-0.05, 0) is 30.9 Å². The number of likely N-dealkylation sites (tertiary alicyclic amines) is 1. The summed E-state index contributed by atoms with van der Waals surface area (Å²) in [6.07, 6.45) is 9.45. The van der Waals surface area contributed by atoms with E-state index in [1.165, 1.54) is 32.1 Å². The number of amides is 2. The number of imidazole rings is 1. The average molecular weight is 383 g/mol. The molecule has 1 aliphatic carbocycles. The van der Waals surface area contributed by atoms with E-state index in [0.717, 1.165) is 23.5 Å². The van der Waals surface area contributed by atoms with Crippen LogP contribution in [0.15, 0.2) is 18.3 Å². The van der Waals surface area contributed by atoms with Gasteiger partial charge < -0.3 is 14.8 Å². The van der Waals surface area contributed by atoms with Gasteiger partial charge in [0, 0.05) is 45.6 Å². The minimum absolute atomic E-state index is 0.0164. The summed E-state index contributed by atoms with van der Waals surface area (Å²) in [5, 5.41) is 3.05. The van der Waals surface area contributed by atoms with E-state index >= 15 is 0 Å². The fourth-order valence-electron chi connectivity index (χ4n) is 4.55. The van der Waals surface area contributed by atoms with Crippen LogP contribution in [0.4, 0.5) is 0 Å². The molecular formula is C21H29N5O2. The Labute approximate surface area is 165 Å². The monoisotopic (exact) mass is 383 g/mol. The first kappa shape index (κ1) is 18.9. The molecule has 0 bridgehead atoms. The average Bonchev–Trinajstić information content (AvgIpc) is 3.20. The van der Waals surface area contributed by atoms with Crippen molar-refractivity contribution in [2.75, 3.05) is 13.1 Å². The zero-order chi connectivity index (χ0) is 19.5. The van der Waals surface area contributed by atoms with E-state index in [4.69, 9.17) is 0 Å². The first-order valence-corrected chi connectivity index (χ1v) is 10.4. The van der Waals surface area contributed by atoms with Gasteiger partial charge in [-0.2, -0.15) is 0 Å². The van der Waals surface area contributed by atoms with Crippen molar-refractivity contribution in [2.24, 2.45) is 13.0 Å². The lowest BCUT2D eigenvalue weighted by Gasteiger charge is -2.27. The van der Waals surface area contributed by atoms with Crippen LogP contribution in [0.2, 0.25) is 0 Å². The van der Waals surface area contributed by atoms with Crippen LogP contribution in [0.25, 0.3) is 11.2 Å². The second-order valence-corrected chi connectivity index (χ2v) is 8.20. The van der Waals surface area contributed by atoms with Gasteiger partial charge >= 0.3 is 0 Å². The molecule has 2 fully saturated rings. The predicted molar refractivity (Wildman–Crippen MR) is 107 cm³/mol. The SMILES string of the molecule is Cn1c(CCC(=O)N[C@H]2CC(=O)N(CC3CCCCC3)C2)nc2cccnc21. The number of nitrogens with zero attached hydrogens (tertiary/aromatic N) is 4. The number of fused-ring (bicyclic) bond motifs is 1. The smallest absolute Gasteiger partial charge is 0.224 e. The zero-order valence-electron chi connectivity index (χ0n) is 16.6. The van der Waals surface area contributed by atoms with Crippen molar-refractivity contribution in [1.29, 1.82) is 0 Å². The summed E-state index contributed by atoms with van der Waals surface area (Å²) in [6, 6.07) is 3.73. The quantitative estimate of drug-likeness (QED) is 0.829. The Balaban J connectivity index is 1.26. The molecule has 0 spiro atoms. The highest BCUT2D eigenvalue weighted by molar-refractivity contribution is 5.82. The molecule has 2 aliphatic rings. The Morgan fingerprint density at radius 1 is 1.29 bits per heavy atom. The maximum absolute atomic E-state index is 12.4. The summed E-state index contributed by atoms with van der Waals surface area (Å²) >= 11 is 0. The Kier molecular flexibility index (Phi) is 5.59. The van der Waals surface area contributed by atoms with Crippen molar-refractivity contribution in [3.8, 4) is 0 Å². The topological polar surface area (TPSA) is 80.1 Å². The number of aromatic nitrogens is 3. The van der Waals surface area contributed by atoms with Gasteiger partial charge in [-0.15, -0.1) is 0 Å². The number of nitrogens with one attached hydrogen (secondary N) is 1. The standard InChI is InChI=1S/C21H29N5O2/c1-25-18(24-17-8-5-11-22-21(17)25)9-10-19(27)23-16-12-20(28)26(14-16)13-15-6-3-2-4-7-15/h5,8,11,15-16H,2-4,6-7,9-10,12-14H2,1H3,(H,23,27)/t16-/m0/s1. The molecule has 1 N–H and O–H groups in total. The molecule has 7 heteroatoms. The number of hydrogen-bond donors (Lipinski definition) is 1. The van der Waals surface area contributed by atoms with E-state index in [1.807, 2.05) is 28.6 Å². The predicted octanol–water partition coefficient (Wildman–Crippen LogP) is 2.20. The first-order valence-electron chi connectivity index (χ1n) is 10.4. The molecule has 2 aromatic heterocycles. The molecule has 1 aliphatic heterocycles. The lowest BCUT2D eigenvalue weighted by atomic mass is 9.89. The van der Waals surface area contributed by atoms with E-state index in [-0.39, 0.29) is 17.9 Å². The molecule has 1 saturated carbocycles. The third-order valence-corrected chi connectivity index (χ3v) is 6.08. The highest BCUT2D eigenvalue weighted by Gasteiger charge is 2.32. The lowest BCUT2D eigenvalue weighted by Crippen LogP contribution is -2.38. The maximum atomic E-state index is 12.4. The number of pyridine rings is 1. The molecule has 2 aromatic rings. The van der Waals surface area contributed by atoms with Gasteiger partial charge in [0.2, 0.25) is 11.8 Å². The van der Waals surface area contributed by atoms with Gasteiger partial charge in [-0.25, -0.2) is 9.97 Å². The summed E-state index contributed by atoms with van der Waals surface area (Å²) in [7, 11) is 1.92. The minimum Gasteiger partial charge on any atom is -0.351 e. The molecule has 7 nitrogen and oxygen atoms in total. The number of hydrogen-bond acceptors (Lipinski definition) is 4. The van der Waals surface area contributed by atoms with Gasteiger partial charge in [-0.3, -0.25) is 9.59 Å². The van der Waals surface area contributed by atoms with Crippen LogP contribution in [0.1, 0.15) is 50.8 Å². The summed E-state index contributed by atoms with van der Waals surface area (Å²) in [4.78, 5) is 35.6. The molecule has 0 aromatic carbocycles. The number of carbonyl (C=O) groups is 2. The van der Waals surface area contributed by atoms with Gasteiger partial charge in [0.25, 0.3) is 0 Å². The highest BCUT2D eigenvalue weighted by atomic mass is 16.2. The molecule has 28 heavy (non-hydrogen) atoms. The molecule has 0 unspecified atom stereocenters. The van der Waals surface area contributed by atoms with Crippen LogP contribution in [-0.2, 0) is 23.1 Å².